The van der Waals surface area contributed by atoms with Gasteiger partial charge in [0.05, 0.1) is 11.4 Å². The van der Waals surface area contributed by atoms with Crippen LogP contribution in [-0.2, 0) is 0 Å². The monoisotopic (exact) mass is 236 g/mol. The van der Waals surface area contributed by atoms with Crippen molar-refractivity contribution in [3.63, 3.8) is 0 Å². The third-order valence-electron chi connectivity index (χ3n) is 2.79. The normalized spacial score (nSPS) is 15.2. The first-order chi connectivity index (χ1) is 8.15. The van der Waals surface area contributed by atoms with Crippen molar-refractivity contribution in [2.45, 2.75) is 18.8 Å². The highest BCUT2D eigenvalue weighted by molar-refractivity contribution is 5.44. The molecule has 1 aliphatic carbocycles. The van der Waals surface area contributed by atoms with E-state index in [9.17, 15) is 8.78 Å². The number of aromatic nitrogens is 3. The molecule has 0 unspecified atom stereocenters. The van der Waals surface area contributed by atoms with Gasteiger partial charge in [-0.1, -0.05) is 5.21 Å². The average molecular weight is 236 g/mol. The fraction of sp³-hybridized carbons (Fsp3) is 0.273. The summed E-state index contributed by atoms with van der Waals surface area (Å²) in [6, 6.07) is 3.24. The zero-order chi connectivity index (χ0) is 12.0. The summed E-state index contributed by atoms with van der Waals surface area (Å²) in [6.07, 6.45) is 2.02. The second-order valence-electron chi connectivity index (χ2n) is 4.17. The van der Waals surface area contributed by atoms with Gasteiger partial charge in [0.2, 0.25) is 0 Å². The van der Waals surface area contributed by atoms with E-state index in [0.29, 0.717) is 17.4 Å². The van der Waals surface area contributed by atoms with Crippen LogP contribution in [0.3, 0.4) is 0 Å². The molecule has 0 atom stereocenters. The second kappa shape index (κ2) is 3.51. The van der Waals surface area contributed by atoms with Gasteiger partial charge in [-0.15, -0.1) is 5.10 Å². The van der Waals surface area contributed by atoms with Gasteiger partial charge in [0.25, 0.3) is 0 Å². The van der Waals surface area contributed by atoms with Gasteiger partial charge >= 0.3 is 0 Å². The van der Waals surface area contributed by atoms with Crippen LogP contribution < -0.4 is 5.73 Å². The number of hydrogen-bond donors (Lipinski definition) is 1. The number of halogens is 2. The summed E-state index contributed by atoms with van der Waals surface area (Å²) in [5, 5.41) is 7.60. The van der Waals surface area contributed by atoms with Gasteiger partial charge in [-0.2, -0.15) is 0 Å². The van der Waals surface area contributed by atoms with Gasteiger partial charge in [0, 0.05) is 12.0 Å². The first kappa shape index (κ1) is 10.2. The van der Waals surface area contributed by atoms with Crippen LogP contribution in [0.2, 0.25) is 0 Å². The van der Waals surface area contributed by atoms with Gasteiger partial charge in [-0.3, -0.25) is 0 Å². The van der Waals surface area contributed by atoms with Crippen LogP contribution in [0.1, 0.15) is 24.5 Å². The lowest BCUT2D eigenvalue weighted by Gasteiger charge is -2.06. The number of anilines is 1. The van der Waals surface area contributed by atoms with Crippen LogP contribution in [0, 0.1) is 11.6 Å². The molecule has 3 rings (SSSR count). The minimum atomic E-state index is -0.643. The van der Waals surface area contributed by atoms with E-state index in [1.54, 1.807) is 0 Å². The molecule has 0 amide bonds. The van der Waals surface area contributed by atoms with Crippen molar-refractivity contribution >= 4 is 5.82 Å². The SMILES string of the molecule is Nc1nnn(-c2cc(F)cc(F)c2)c1C1CC1. The van der Waals surface area contributed by atoms with Crippen molar-refractivity contribution in [1.29, 1.82) is 0 Å². The lowest BCUT2D eigenvalue weighted by atomic mass is 10.2. The zero-order valence-electron chi connectivity index (χ0n) is 8.90. The molecule has 6 heteroatoms. The Labute approximate surface area is 96.0 Å². The van der Waals surface area contributed by atoms with E-state index >= 15 is 0 Å². The Hall–Kier alpha value is -1.98. The van der Waals surface area contributed by atoms with E-state index in [-0.39, 0.29) is 0 Å². The molecule has 17 heavy (non-hydrogen) atoms. The molecule has 88 valence electrons. The predicted octanol–water partition coefficient (Wildman–Crippen LogP) is 2.01. The fourth-order valence-electron chi connectivity index (χ4n) is 1.89. The van der Waals surface area contributed by atoms with Gasteiger partial charge in [-0.05, 0) is 25.0 Å². The summed E-state index contributed by atoms with van der Waals surface area (Å²) in [7, 11) is 0. The van der Waals surface area contributed by atoms with Crippen LogP contribution in [0.25, 0.3) is 5.69 Å². The van der Waals surface area contributed by atoms with Crippen molar-refractivity contribution in [2.75, 3.05) is 5.73 Å². The van der Waals surface area contributed by atoms with E-state index in [1.165, 1.54) is 16.8 Å². The molecule has 1 aromatic heterocycles. The largest absolute Gasteiger partial charge is 0.381 e. The number of nitrogens with zero attached hydrogens (tertiary/aromatic N) is 3. The van der Waals surface area contributed by atoms with E-state index in [4.69, 9.17) is 5.73 Å². The van der Waals surface area contributed by atoms with E-state index in [0.717, 1.165) is 24.6 Å². The molecular weight excluding hydrogens is 226 g/mol. The molecule has 2 N–H and O–H groups in total. The van der Waals surface area contributed by atoms with Gasteiger partial charge < -0.3 is 5.73 Å². The maximum absolute atomic E-state index is 13.1. The Morgan fingerprint density at radius 2 is 1.82 bits per heavy atom. The standard InChI is InChI=1S/C11H10F2N4/c12-7-3-8(13)5-9(4-7)17-10(6-1-2-6)11(14)15-16-17/h3-6H,1-2,14H2. The fourth-order valence-corrected chi connectivity index (χ4v) is 1.89. The molecule has 0 saturated heterocycles. The Bertz CT molecular complexity index is 555. The number of benzene rings is 1. The number of rotatable bonds is 2. The zero-order valence-corrected chi connectivity index (χ0v) is 8.90. The first-order valence-electron chi connectivity index (χ1n) is 5.32. The van der Waals surface area contributed by atoms with Crippen LogP contribution >= 0.6 is 0 Å². The summed E-state index contributed by atoms with van der Waals surface area (Å²) in [6.45, 7) is 0. The van der Waals surface area contributed by atoms with Crippen molar-refractivity contribution in [2.24, 2.45) is 0 Å². The number of nitrogen functional groups attached to an aromatic ring is 1. The van der Waals surface area contributed by atoms with Crippen molar-refractivity contribution in [3.05, 3.63) is 35.5 Å². The smallest absolute Gasteiger partial charge is 0.169 e. The van der Waals surface area contributed by atoms with Crippen molar-refractivity contribution in [1.82, 2.24) is 15.0 Å². The Morgan fingerprint density at radius 1 is 1.18 bits per heavy atom. The van der Waals surface area contributed by atoms with Gasteiger partial charge in [0.15, 0.2) is 5.82 Å². The molecule has 4 nitrogen and oxygen atoms in total. The Kier molecular flexibility index (Phi) is 2.10. The molecule has 1 heterocycles. The lowest BCUT2D eigenvalue weighted by molar-refractivity contribution is 0.578. The van der Waals surface area contributed by atoms with Gasteiger partial charge in [0.1, 0.15) is 11.6 Å². The highest BCUT2D eigenvalue weighted by atomic mass is 19.1. The third kappa shape index (κ3) is 1.75. The van der Waals surface area contributed by atoms with Crippen LogP contribution in [-0.4, -0.2) is 15.0 Å². The van der Waals surface area contributed by atoms with E-state index in [2.05, 4.69) is 10.3 Å². The average Bonchev–Trinajstić information content (AvgIpc) is 3.01. The molecule has 2 aromatic rings. The maximum Gasteiger partial charge on any atom is 0.169 e. The van der Waals surface area contributed by atoms with Crippen LogP contribution in [0.5, 0.6) is 0 Å². The molecule has 0 radical (unpaired) electrons. The summed E-state index contributed by atoms with van der Waals surface area (Å²) in [4.78, 5) is 0. The highest BCUT2D eigenvalue weighted by Gasteiger charge is 2.31. The molecule has 1 aliphatic rings. The van der Waals surface area contributed by atoms with Crippen molar-refractivity contribution < 1.29 is 8.78 Å². The summed E-state index contributed by atoms with van der Waals surface area (Å²) < 4.78 is 27.7. The Balaban J connectivity index is 2.14. The summed E-state index contributed by atoms with van der Waals surface area (Å²) in [5.74, 6) is -0.653. The molecule has 0 bridgehead atoms. The number of hydrogen-bond acceptors (Lipinski definition) is 3. The van der Waals surface area contributed by atoms with Gasteiger partial charge in [-0.25, -0.2) is 13.5 Å². The molecule has 0 aliphatic heterocycles. The van der Waals surface area contributed by atoms with Crippen molar-refractivity contribution in [3.8, 4) is 5.69 Å². The molecule has 1 saturated carbocycles. The first-order valence-corrected chi connectivity index (χ1v) is 5.32. The lowest BCUT2D eigenvalue weighted by Crippen LogP contribution is -2.03. The summed E-state index contributed by atoms with van der Waals surface area (Å²) >= 11 is 0. The molecular formula is C11H10F2N4. The van der Waals surface area contributed by atoms with Crippen LogP contribution in [0.15, 0.2) is 18.2 Å². The topological polar surface area (TPSA) is 56.7 Å². The molecule has 1 fully saturated rings. The Morgan fingerprint density at radius 3 is 2.41 bits per heavy atom. The maximum atomic E-state index is 13.1. The second-order valence-corrected chi connectivity index (χ2v) is 4.17. The molecule has 0 spiro atoms. The number of nitrogens with two attached hydrogens (primary N) is 1. The predicted molar refractivity (Wildman–Crippen MR) is 57.7 cm³/mol. The molecule has 1 aromatic carbocycles. The highest BCUT2D eigenvalue weighted by Crippen LogP contribution is 2.42. The van der Waals surface area contributed by atoms with E-state index < -0.39 is 11.6 Å². The quantitative estimate of drug-likeness (QED) is 0.867. The minimum Gasteiger partial charge on any atom is -0.381 e. The minimum absolute atomic E-state index is 0.302. The van der Waals surface area contributed by atoms with E-state index in [1.807, 2.05) is 0 Å². The van der Waals surface area contributed by atoms with Crippen LogP contribution in [0.4, 0.5) is 14.6 Å². The summed E-state index contributed by atoms with van der Waals surface area (Å²) in [5.41, 5.74) is 6.77. The third-order valence-corrected chi connectivity index (χ3v) is 2.79.